The first-order chi connectivity index (χ1) is 15.0. The van der Waals surface area contributed by atoms with Gasteiger partial charge in [-0.25, -0.2) is 8.42 Å². The summed E-state index contributed by atoms with van der Waals surface area (Å²) < 4.78 is 32.7. The average molecular weight is 437 g/mol. The van der Waals surface area contributed by atoms with Gasteiger partial charge in [0.1, 0.15) is 0 Å². The number of carbonyl (C=O) groups excluding carboxylic acids is 1. The number of hydrogen-bond acceptors (Lipinski definition) is 4. The molecule has 0 aliphatic carbocycles. The van der Waals surface area contributed by atoms with E-state index in [4.69, 9.17) is 4.74 Å². The Kier molecular flexibility index (Phi) is 6.18. The normalized spacial score (nSPS) is 14.9. The molecule has 160 valence electrons. The second-order valence-electron chi connectivity index (χ2n) is 7.36. The first-order valence-corrected chi connectivity index (χ1v) is 11.6. The van der Waals surface area contributed by atoms with Gasteiger partial charge < -0.3 is 10.1 Å². The Morgan fingerprint density at radius 3 is 2.35 bits per heavy atom. The van der Waals surface area contributed by atoms with Gasteiger partial charge in [0.2, 0.25) is 10.0 Å². The fourth-order valence-electron chi connectivity index (χ4n) is 3.57. The summed E-state index contributed by atoms with van der Waals surface area (Å²) in [6, 6.07) is 21.9. The minimum atomic E-state index is -3.65. The number of ether oxygens (including phenoxy) is 1. The van der Waals surface area contributed by atoms with E-state index in [1.54, 1.807) is 18.2 Å². The quantitative estimate of drug-likeness (QED) is 0.657. The van der Waals surface area contributed by atoms with Crippen LogP contribution in [0, 0.1) is 6.92 Å². The SMILES string of the molecule is Cc1ccc(S(=O)(=O)N2CCOCC2)cc1NC(=O)c1ccccc1-c1ccccc1. The van der Waals surface area contributed by atoms with Crippen molar-refractivity contribution in [3.8, 4) is 11.1 Å². The molecule has 1 heterocycles. The van der Waals surface area contributed by atoms with Crippen molar-refractivity contribution in [2.75, 3.05) is 31.6 Å². The summed E-state index contributed by atoms with van der Waals surface area (Å²) >= 11 is 0. The van der Waals surface area contributed by atoms with E-state index in [9.17, 15) is 13.2 Å². The molecule has 6 nitrogen and oxygen atoms in total. The van der Waals surface area contributed by atoms with Crippen LogP contribution in [0.3, 0.4) is 0 Å². The number of aryl methyl sites for hydroxylation is 1. The summed E-state index contributed by atoms with van der Waals surface area (Å²) in [4.78, 5) is 13.3. The zero-order chi connectivity index (χ0) is 21.8. The molecular formula is C24H24N2O4S. The summed E-state index contributed by atoms with van der Waals surface area (Å²) in [5, 5.41) is 2.91. The van der Waals surface area contributed by atoms with Crippen molar-refractivity contribution in [1.29, 1.82) is 0 Å². The highest BCUT2D eigenvalue weighted by Gasteiger charge is 2.27. The predicted molar refractivity (Wildman–Crippen MR) is 121 cm³/mol. The van der Waals surface area contributed by atoms with Crippen molar-refractivity contribution in [3.63, 3.8) is 0 Å². The maximum Gasteiger partial charge on any atom is 0.256 e. The molecule has 31 heavy (non-hydrogen) atoms. The summed E-state index contributed by atoms with van der Waals surface area (Å²) in [5.74, 6) is -0.288. The van der Waals surface area contributed by atoms with E-state index in [1.165, 1.54) is 10.4 Å². The molecule has 0 bridgehead atoms. The Balaban J connectivity index is 1.64. The first kappa shape index (κ1) is 21.2. The second-order valence-corrected chi connectivity index (χ2v) is 9.30. The third kappa shape index (κ3) is 4.54. The number of nitrogens with one attached hydrogen (secondary N) is 1. The number of anilines is 1. The number of carbonyl (C=O) groups is 1. The van der Waals surface area contributed by atoms with E-state index < -0.39 is 10.0 Å². The van der Waals surface area contributed by atoms with Crippen molar-refractivity contribution >= 4 is 21.6 Å². The zero-order valence-corrected chi connectivity index (χ0v) is 18.1. The molecule has 0 saturated carbocycles. The molecule has 1 fully saturated rings. The number of hydrogen-bond donors (Lipinski definition) is 1. The number of benzene rings is 3. The average Bonchev–Trinajstić information content (AvgIpc) is 2.81. The highest BCUT2D eigenvalue weighted by Crippen LogP contribution is 2.27. The fourth-order valence-corrected chi connectivity index (χ4v) is 5.01. The van der Waals surface area contributed by atoms with Crippen LogP contribution in [-0.2, 0) is 14.8 Å². The molecule has 0 atom stereocenters. The third-order valence-corrected chi connectivity index (χ3v) is 7.22. The molecule has 0 radical (unpaired) electrons. The van der Waals surface area contributed by atoms with Gasteiger partial charge in [-0.05, 0) is 41.8 Å². The maximum absolute atomic E-state index is 13.1. The van der Waals surface area contributed by atoms with Gasteiger partial charge in [-0.2, -0.15) is 4.31 Å². The van der Waals surface area contributed by atoms with Gasteiger partial charge in [0.25, 0.3) is 5.91 Å². The third-order valence-electron chi connectivity index (χ3n) is 5.32. The number of morpholine rings is 1. The zero-order valence-electron chi connectivity index (χ0n) is 17.2. The van der Waals surface area contributed by atoms with Crippen LogP contribution in [0.2, 0.25) is 0 Å². The molecule has 1 amide bonds. The second kappa shape index (κ2) is 9.01. The summed E-state index contributed by atoms with van der Waals surface area (Å²) in [7, 11) is -3.65. The van der Waals surface area contributed by atoms with E-state index in [0.29, 0.717) is 37.6 Å². The smallest absolute Gasteiger partial charge is 0.256 e. The van der Waals surface area contributed by atoms with Gasteiger partial charge in [0, 0.05) is 24.3 Å². The molecule has 3 aromatic carbocycles. The van der Waals surface area contributed by atoms with Gasteiger partial charge in [-0.3, -0.25) is 4.79 Å². The molecule has 1 aliphatic rings. The highest BCUT2D eigenvalue weighted by molar-refractivity contribution is 7.89. The minimum Gasteiger partial charge on any atom is -0.379 e. The van der Waals surface area contributed by atoms with Crippen LogP contribution in [0.1, 0.15) is 15.9 Å². The number of amides is 1. The predicted octanol–water partition coefficient (Wildman–Crippen LogP) is 3.94. The van der Waals surface area contributed by atoms with Crippen LogP contribution in [0.25, 0.3) is 11.1 Å². The number of rotatable bonds is 5. The Labute approximate surface area is 182 Å². The summed E-state index contributed by atoms with van der Waals surface area (Å²) in [6.07, 6.45) is 0. The van der Waals surface area contributed by atoms with Crippen LogP contribution in [-0.4, -0.2) is 44.9 Å². The first-order valence-electron chi connectivity index (χ1n) is 10.1. The lowest BCUT2D eigenvalue weighted by atomic mass is 9.99. The van der Waals surface area contributed by atoms with Gasteiger partial charge >= 0.3 is 0 Å². The van der Waals surface area contributed by atoms with Crippen molar-refractivity contribution in [2.24, 2.45) is 0 Å². The largest absolute Gasteiger partial charge is 0.379 e. The molecule has 3 aromatic rings. The summed E-state index contributed by atoms with van der Waals surface area (Å²) in [5.41, 5.74) is 3.53. The van der Waals surface area contributed by atoms with Crippen molar-refractivity contribution < 1.29 is 17.9 Å². The number of nitrogens with zero attached hydrogens (tertiary/aromatic N) is 1. The lowest BCUT2D eigenvalue weighted by Gasteiger charge is -2.26. The van der Waals surface area contributed by atoms with Gasteiger partial charge in [-0.15, -0.1) is 0 Å². The lowest BCUT2D eigenvalue weighted by molar-refractivity contribution is 0.0730. The fraction of sp³-hybridized carbons (Fsp3) is 0.208. The lowest BCUT2D eigenvalue weighted by Crippen LogP contribution is -2.40. The Bertz CT molecular complexity index is 1190. The van der Waals surface area contributed by atoms with E-state index >= 15 is 0 Å². The monoisotopic (exact) mass is 436 g/mol. The highest BCUT2D eigenvalue weighted by atomic mass is 32.2. The molecule has 7 heteroatoms. The van der Waals surface area contributed by atoms with Crippen molar-refractivity contribution in [3.05, 3.63) is 83.9 Å². The molecule has 4 rings (SSSR count). The van der Waals surface area contributed by atoms with Crippen LogP contribution in [0.4, 0.5) is 5.69 Å². The standard InChI is InChI=1S/C24H24N2O4S/c1-18-11-12-20(31(28,29)26-13-15-30-16-14-26)17-23(18)25-24(27)22-10-6-5-9-21(22)19-7-3-2-4-8-19/h2-12,17H,13-16H2,1H3,(H,25,27). The Morgan fingerprint density at radius 2 is 1.61 bits per heavy atom. The van der Waals surface area contributed by atoms with Crippen LogP contribution in [0.5, 0.6) is 0 Å². The van der Waals surface area contributed by atoms with Crippen molar-refractivity contribution in [2.45, 2.75) is 11.8 Å². The van der Waals surface area contributed by atoms with Gasteiger partial charge in [-0.1, -0.05) is 54.6 Å². The molecule has 1 N–H and O–H groups in total. The maximum atomic E-state index is 13.1. The molecule has 0 spiro atoms. The molecule has 0 unspecified atom stereocenters. The topological polar surface area (TPSA) is 75.7 Å². The van der Waals surface area contributed by atoms with Crippen LogP contribution >= 0.6 is 0 Å². The molecular weight excluding hydrogens is 412 g/mol. The summed E-state index contributed by atoms with van der Waals surface area (Å²) in [6.45, 7) is 3.24. The minimum absolute atomic E-state index is 0.159. The molecule has 1 aliphatic heterocycles. The van der Waals surface area contributed by atoms with E-state index in [1.807, 2.05) is 55.5 Å². The van der Waals surface area contributed by atoms with Crippen LogP contribution < -0.4 is 5.32 Å². The Hall–Kier alpha value is -3.00. The van der Waals surface area contributed by atoms with Crippen LogP contribution in [0.15, 0.2) is 77.7 Å². The van der Waals surface area contributed by atoms with Gasteiger partial charge in [0.15, 0.2) is 0 Å². The molecule has 0 aromatic heterocycles. The van der Waals surface area contributed by atoms with Gasteiger partial charge in [0.05, 0.1) is 18.1 Å². The number of sulfonamides is 1. The Morgan fingerprint density at radius 1 is 0.935 bits per heavy atom. The van der Waals surface area contributed by atoms with Crippen molar-refractivity contribution in [1.82, 2.24) is 4.31 Å². The molecule has 1 saturated heterocycles. The van der Waals surface area contributed by atoms with E-state index in [-0.39, 0.29) is 10.8 Å². The van der Waals surface area contributed by atoms with E-state index in [2.05, 4.69) is 5.32 Å². The van der Waals surface area contributed by atoms with E-state index in [0.717, 1.165) is 16.7 Å².